The van der Waals surface area contributed by atoms with Crippen LogP contribution in [0.5, 0.6) is 0 Å². The van der Waals surface area contributed by atoms with Gasteiger partial charge in [-0.3, -0.25) is 0 Å². The Morgan fingerprint density at radius 3 is 1.87 bits per heavy atom. The molecule has 1 unspecified atom stereocenters. The second-order valence-electron chi connectivity index (χ2n) is 8.72. The van der Waals surface area contributed by atoms with Gasteiger partial charge in [-0.1, -0.05) is 90.3 Å². The molecule has 1 aliphatic carbocycles. The smallest absolute Gasteiger partial charge is 0.115 e. The molecule has 0 aromatic carbocycles. The Morgan fingerprint density at radius 1 is 0.913 bits per heavy atom. The first kappa shape index (κ1) is 21.2. The van der Waals surface area contributed by atoms with Crippen LogP contribution in [-0.4, -0.2) is 27.5 Å². The monoisotopic (exact) mass is 344 g/mol. The molecular formula is C20H41FOSi. The van der Waals surface area contributed by atoms with Crippen molar-refractivity contribution in [1.82, 2.24) is 0 Å². The van der Waals surface area contributed by atoms with E-state index >= 15 is 0 Å². The fraction of sp³-hybridized carbons (Fsp3) is 1.00. The van der Waals surface area contributed by atoms with Crippen LogP contribution in [0.25, 0.3) is 0 Å². The van der Waals surface area contributed by atoms with Crippen molar-refractivity contribution >= 4 is 8.07 Å². The van der Waals surface area contributed by atoms with Crippen molar-refractivity contribution < 1.29 is 9.13 Å². The normalized spacial score (nSPS) is 19.0. The SMILES string of the molecule is CC(C)[Si](CC(CF)OCCC1CCCCC1)(C(C)C)C(C)C. The molecule has 138 valence electrons. The minimum Gasteiger partial charge on any atom is -0.376 e. The molecule has 23 heavy (non-hydrogen) atoms. The van der Waals surface area contributed by atoms with Crippen molar-refractivity contribution in [3.05, 3.63) is 0 Å². The van der Waals surface area contributed by atoms with Crippen molar-refractivity contribution in [3.63, 3.8) is 0 Å². The average molecular weight is 345 g/mol. The van der Waals surface area contributed by atoms with Gasteiger partial charge >= 0.3 is 0 Å². The maximum atomic E-state index is 13.6. The van der Waals surface area contributed by atoms with E-state index in [-0.39, 0.29) is 12.8 Å². The lowest BCUT2D eigenvalue weighted by Crippen LogP contribution is -2.47. The van der Waals surface area contributed by atoms with Gasteiger partial charge in [0.15, 0.2) is 0 Å². The van der Waals surface area contributed by atoms with E-state index in [0.717, 1.165) is 25.0 Å². The zero-order valence-corrected chi connectivity index (χ0v) is 17.5. The first-order chi connectivity index (χ1) is 10.8. The molecule has 0 aromatic heterocycles. The standard InChI is InChI=1S/C20H41FOSi/c1-16(2)23(17(3)4,18(5)6)15-20(14-21)22-13-12-19-10-8-7-9-11-19/h16-20H,7-15H2,1-6H3. The molecule has 1 fully saturated rings. The molecule has 0 N–H and O–H groups in total. The highest BCUT2D eigenvalue weighted by molar-refractivity contribution is 6.83. The minimum atomic E-state index is -1.57. The van der Waals surface area contributed by atoms with E-state index < -0.39 is 8.07 Å². The van der Waals surface area contributed by atoms with Crippen LogP contribution in [0.2, 0.25) is 22.7 Å². The summed E-state index contributed by atoms with van der Waals surface area (Å²) in [6.07, 6.45) is 7.82. The van der Waals surface area contributed by atoms with E-state index in [4.69, 9.17) is 4.74 Å². The van der Waals surface area contributed by atoms with Gasteiger partial charge in [0.2, 0.25) is 0 Å². The number of halogens is 1. The fourth-order valence-electron chi connectivity index (χ4n) is 5.14. The molecule has 3 heteroatoms. The Kier molecular flexibility index (Phi) is 9.36. The Balaban J connectivity index is 2.57. The summed E-state index contributed by atoms with van der Waals surface area (Å²) < 4.78 is 19.7. The van der Waals surface area contributed by atoms with Crippen LogP contribution < -0.4 is 0 Å². The lowest BCUT2D eigenvalue weighted by Gasteiger charge is -2.45. The second kappa shape index (κ2) is 10.2. The Labute approximate surface area is 145 Å². The number of alkyl halides is 1. The molecule has 0 heterocycles. The van der Waals surface area contributed by atoms with E-state index in [1.165, 1.54) is 32.1 Å². The molecule has 1 nitrogen and oxygen atoms in total. The highest BCUT2D eigenvalue weighted by atomic mass is 28.3. The highest BCUT2D eigenvalue weighted by Crippen LogP contribution is 2.45. The summed E-state index contributed by atoms with van der Waals surface area (Å²) in [4.78, 5) is 0. The molecule has 1 saturated carbocycles. The average Bonchev–Trinajstić information content (AvgIpc) is 2.50. The van der Waals surface area contributed by atoms with Crippen molar-refractivity contribution in [1.29, 1.82) is 0 Å². The second-order valence-corrected chi connectivity index (χ2v) is 14.8. The summed E-state index contributed by atoms with van der Waals surface area (Å²) in [7, 11) is -1.57. The third-order valence-corrected chi connectivity index (χ3v) is 14.2. The molecule has 1 rings (SSSR count). The third-order valence-electron chi connectivity index (χ3n) is 6.58. The van der Waals surface area contributed by atoms with Crippen LogP contribution in [-0.2, 0) is 4.74 Å². The molecule has 0 radical (unpaired) electrons. The van der Waals surface area contributed by atoms with E-state index in [2.05, 4.69) is 41.5 Å². The predicted molar refractivity (Wildman–Crippen MR) is 103 cm³/mol. The number of hydrogen-bond acceptors (Lipinski definition) is 1. The summed E-state index contributed by atoms with van der Waals surface area (Å²) in [6.45, 7) is 14.6. The largest absolute Gasteiger partial charge is 0.376 e. The molecule has 0 spiro atoms. The Bertz CT molecular complexity index is 289. The summed E-state index contributed by atoms with van der Waals surface area (Å²) in [5.74, 6) is 0.825. The van der Waals surface area contributed by atoms with Crippen LogP contribution in [0.15, 0.2) is 0 Å². The van der Waals surface area contributed by atoms with Crippen LogP contribution in [0.4, 0.5) is 4.39 Å². The maximum absolute atomic E-state index is 13.6. The Hall–Kier alpha value is 0.107. The van der Waals surface area contributed by atoms with Gasteiger partial charge in [0.1, 0.15) is 6.67 Å². The van der Waals surface area contributed by atoms with Gasteiger partial charge in [-0.05, 0) is 18.4 Å². The van der Waals surface area contributed by atoms with Gasteiger partial charge in [0.25, 0.3) is 0 Å². The summed E-state index contributed by atoms with van der Waals surface area (Å²) >= 11 is 0. The minimum absolute atomic E-state index is 0.169. The van der Waals surface area contributed by atoms with E-state index in [9.17, 15) is 4.39 Å². The van der Waals surface area contributed by atoms with Gasteiger partial charge < -0.3 is 4.74 Å². The van der Waals surface area contributed by atoms with Crippen LogP contribution in [0.1, 0.15) is 80.1 Å². The first-order valence-electron chi connectivity index (χ1n) is 10.0. The van der Waals surface area contributed by atoms with E-state index in [1.54, 1.807) is 0 Å². The van der Waals surface area contributed by atoms with Crippen LogP contribution in [0.3, 0.4) is 0 Å². The van der Waals surface area contributed by atoms with Crippen LogP contribution in [0, 0.1) is 5.92 Å². The van der Waals surface area contributed by atoms with E-state index in [1.807, 2.05) is 0 Å². The van der Waals surface area contributed by atoms with Crippen molar-refractivity contribution in [2.24, 2.45) is 5.92 Å². The highest BCUT2D eigenvalue weighted by Gasteiger charge is 2.44. The first-order valence-corrected chi connectivity index (χ1v) is 12.5. The Morgan fingerprint density at radius 2 is 1.43 bits per heavy atom. The van der Waals surface area contributed by atoms with Crippen LogP contribution >= 0.6 is 0 Å². The number of rotatable bonds is 10. The molecule has 1 atom stereocenters. The van der Waals surface area contributed by atoms with Crippen molar-refractivity contribution in [2.45, 2.75) is 109 Å². The number of ether oxygens (including phenoxy) is 1. The molecule has 0 aliphatic heterocycles. The molecular weight excluding hydrogens is 303 g/mol. The molecule has 1 aliphatic rings. The van der Waals surface area contributed by atoms with Crippen molar-refractivity contribution in [2.75, 3.05) is 13.3 Å². The molecule has 0 aromatic rings. The third kappa shape index (κ3) is 5.84. The van der Waals surface area contributed by atoms with Gasteiger partial charge in [-0.15, -0.1) is 0 Å². The van der Waals surface area contributed by atoms with Gasteiger partial charge in [-0.25, -0.2) is 4.39 Å². The zero-order valence-electron chi connectivity index (χ0n) is 16.5. The topological polar surface area (TPSA) is 9.23 Å². The summed E-state index contributed by atoms with van der Waals surface area (Å²) in [5.41, 5.74) is 2.04. The lowest BCUT2D eigenvalue weighted by atomic mass is 9.87. The van der Waals surface area contributed by atoms with Gasteiger partial charge in [0, 0.05) is 6.61 Å². The number of hydrogen-bond donors (Lipinski definition) is 0. The van der Waals surface area contributed by atoms with E-state index in [0.29, 0.717) is 16.6 Å². The summed E-state index contributed by atoms with van der Waals surface area (Å²) in [5, 5.41) is 0. The van der Waals surface area contributed by atoms with Crippen molar-refractivity contribution in [3.8, 4) is 0 Å². The fourth-order valence-corrected chi connectivity index (χ4v) is 11.6. The zero-order chi connectivity index (χ0) is 17.5. The summed E-state index contributed by atoms with van der Waals surface area (Å²) in [6, 6.07) is 0.987. The maximum Gasteiger partial charge on any atom is 0.115 e. The quantitative estimate of drug-likeness (QED) is 0.388. The van der Waals surface area contributed by atoms with Gasteiger partial charge in [0.05, 0.1) is 14.2 Å². The predicted octanol–water partition coefficient (Wildman–Crippen LogP) is 6.99. The molecule has 0 bridgehead atoms. The molecule has 0 amide bonds. The van der Waals surface area contributed by atoms with Gasteiger partial charge in [-0.2, -0.15) is 0 Å². The molecule has 0 saturated heterocycles. The lowest BCUT2D eigenvalue weighted by molar-refractivity contribution is 0.0362.